The molecule has 0 saturated carbocycles. The van der Waals surface area contributed by atoms with Gasteiger partial charge in [-0.2, -0.15) is 0 Å². The molecule has 0 bridgehead atoms. The molecule has 0 N–H and O–H groups in total. The highest BCUT2D eigenvalue weighted by Crippen LogP contribution is 2.34. The van der Waals surface area contributed by atoms with Crippen LogP contribution in [0.2, 0.25) is 10.0 Å². The molecule has 0 aromatic heterocycles. The van der Waals surface area contributed by atoms with Crippen molar-refractivity contribution in [1.82, 2.24) is 0 Å². The van der Waals surface area contributed by atoms with E-state index in [0.29, 0.717) is 15.6 Å². The van der Waals surface area contributed by atoms with Crippen LogP contribution in [0.25, 0.3) is 11.1 Å². The third-order valence-electron chi connectivity index (χ3n) is 2.38. The lowest BCUT2D eigenvalue weighted by molar-refractivity contribution is 0.463. The van der Waals surface area contributed by atoms with Crippen molar-refractivity contribution >= 4 is 33.3 Å². The highest BCUT2D eigenvalue weighted by atomic mass is 35.5. The van der Waals surface area contributed by atoms with Crippen molar-refractivity contribution in [3.63, 3.8) is 0 Å². The first-order valence-corrected chi connectivity index (χ1v) is 7.06. The number of halogens is 2. The molecule has 0 spiro atoms. The van der Waals surface area contributed by atoms with Gasteiger partial charge in [-0.05, 0) is 18.2 Å². The highest BCUT2D eigenvalue weighted by Gasteiger charge is 2.12. The van der Waals surface area contributed by atoms with Crippen LogP contribution >= 0.6 is 23.2 Å². The molecule has 2 aromatic carbocycles. The fourth-order valence-corrected chi connectivity index (χ4v) is 2.82. The SMILES string of the molecule is O=S(=O)([O-])c1ccccc1-c1ccc(Cl)cc1Cl. The van der Waals surface area contributed by atoms with Crippen molar-refractivity contribution in [2.75, 3.05) is 0 Å². The summed E-state index contributed by atoms with van der Waals surface area (Å²) >= 11 is 11.8. The lowest BCUT2D eigenvalue weighted by atomic mass is 10.1. The first kappa shape index (κ1) is 13.4. The average molecular weight is 302 g/mol. The van der Waals surface area contributed by atoms with E-state index in [0.717, 1.165) is 0 Å². The van der Waals surface area contributed by atoms with E-state index in [1.54, 1.807) is 18.2 Å². The molecule has 0 heterocycles. The van der Waals surface area contributed by atoms with Gasteiger partial charge in [-0.1, -0.05) is 47.5 Å². The Bertz CT molecular complexity index is 696. The van der Waals surface area contributed by atoms with Gasteiger partial charge in [-0.15, -0.1) is 0 Å². The molecule has 0 saturated heterocycles. The normalized spacial score (nSPS) is 11.5. The molecule has 2 aromatic rings. The third kappa shape index (κ3) is 2.67. The molecule has 0 atom stereocenters. The molecule has 18 heavy (non-hydrogen) atoms. The van der Waals surface area contributed by atoms with E-state index in [9.17, 15) is 13.0 Å². The van der Waals surface area contributed by atoms with E-state index in [1.807, 2.05) is 0 Å². The second-order valence-corrected chi connectivity index (χ2v) is 5.77. The smallest absolute Gasteiger partial charge is 0.125 e. The molecular formula is C12H7Cl2O3S-. The van der Waals surface area contributed by atoms with Gasteiger partial charge in [0.2, 0.25) is 0 Å². The van der Waals surface area contributed by atoms with Gasteiger partial charge < -0.3 is 4.55 Å². The largest absolute Gasteiger partial charge is 0.744 e. The molecule has 3 nitrogen and oxygen atoms in total. The molecule has 0 radical (unpaired) electrons. The maximum Gasteiger partial charge on any atom is 0.125 e. The topological polar surface area (TPSA) is 57.2 Å². The maximum atomic E-state index is 11.2. The van der Waals surface area contributed by atoms with Crippen LogP contribution in [0.3, 0.4) is 0 Å². The second kappa shape index (κ2) is 4.90. The van der Waals surface area contributed by atoms with Gasteiger partial charge >= 0.3 is 0 Å². The summed E-state index contributed by atoms with van der Waals surface area (Å²) < 4.78 is 33.5. The van der Waals surface area contributed by atoms with Crippen molar-refractivity contribution < 1.29 is 13.0 Å². The monoisotopic (exact) mass is 301 g/mol. The molecular weight excluding hydrogens is 295 g/mol. The van der Waals surface area contributed by atoms with Crippen LogP contribution in [0.5, 0.6) is 0 Å². The molecule has 0 amide bonds. The molecule has 6 heteroatoms. The number of hydrogen-bond acceptors (Lipinski definition) is 3. The summed E-state index contributed by atoms with van der Waals surface area (Å²) in [5, 5.41) is 0.727. The lowest BCUT2D eigenvalue weighted by Gasteiger charge is -2.13. The zero-order valence-electron chi connectivity index (χ0n) is 8.93. The zero-order valence-corrected chi connectivity index (χ0v) is 11.3. The van der Waals surface area contributed by atoms with Crippen LogP contribution in [0.15, 0.2) is 47.4 Å². The van der Waals surface area contributed by atoms with Gasteiger partial charge in [-0.25, -0.2) is 8.42 Å². The summed E-state index contributed by atoms with van der Waals surface area (Å²) in [7, 11) is -4.55. The second-order valence-electron chi connectivity index (χ2n) is 3.57. The molecule has 94 valence electrons. The summed E-state index contributed by atoms with van der Waals surface area (Å²) in [6.45, 7) is 0. The van der Waals surface area contributed by atoms with Crippen LogP contribution < -0.4 is 0 Å². The minimum Gasteiger partial charge on any atom is -0.744 e. The predicted molar refractivity (Wildman–Crippen MR) is 69.9 cm³/mol. The van der Waals surface area contributed by atoms with Crippen molar-refractivity contribution in [3.05, 3.63) is 52.5 Å². The van der Waals surface area contributed by atoms with Crippen molar-refractivity contribution in [2.24, 2.45) is 0 Å². The van der Waals surface area contributed by atoms with E-state index >= 15 is 0 Å². The van der Waals surface area contributed by atoms with Crippen molar-refractivity contribution in [2.45, 2.75) is 4.90 Å². The summed E-state index contributed by atoms with van der Waals surface area (Å²) in [5.74, 6) is 0. The van der Waals surface area contributed by atoms with Gasteiger partial charge in [0.25, 0.3) is 0 Å². The highest BCUT2D eigenvalue weighted by molar-refractivity contribution is 7.85. The summed E-state index contributed by atoms with van der Waals surface area (Å²) in [4.78, 5) is -0.297. The summed E-state index contributed by atoms with van der Waals surface area (Å²) in [6, 6.07) is 10.5. The van der Waals surface area contributed by atoms with Gasteiger partial charge in [0, 0.05) is 21.2 Å². The fraction of sp³-hybridized carbons (Fsp3) is 0. The molecule has 0 aliphatic heterocycles. The Morgan fingerprint density at radius 3 is 2.22 bits per heavy atom. The summed E-state index contributed by atoms with van der Waals surface area (Å²) in [6.07, 6.45) is 0. The van der Waals surface area contributed by atoms with Crippen LogP contribution in [0.1, 0.15) is 0 Å². The molecule has 0 aliphatic rings. The van der Waals surface area contributed by atoms with Gasteiger partial charge in [-0.3, -0.25) is 0 Å². The van der Waals surface area contributed by atoms with Gasteiger partial charge in [0.05, 0.1) is 4.90 Å². The minimum atomic E-state index is -4.55. The number of rotatable bonds is 2. The van der Waals surface area contributed by atoms with E-state index in [1.165, 1.54) is 24.3 Å². The van der Waals surface area contributed by atoms with Crippen LogP contribution in [-0.2, 0) is 10.1 Å². The zero-order chi connectivity index (χ0) is 13.3. The van der Waals surface area contributed by atoms with Crippen molar-refractivity contribution in [1.29, 1.82) is 0 Å². The van der Waals surface area contributed by atoms with Gasteiger partial charge in [0.15, 0.2) is 0 Å². The van der Waals surface area contributed by atoms with Gasteiger partial charge in [0.1, 0.15) is 10.1 Å². The van der Waals surface area contributed by atoms with Crippen LogP contribution in [-0.4, -0.2) is 13.0 Å². The number of benzene rings is 2. The van der Waals surface area contributed by atoms with E-state index < -0.39 is 10.1 Å². The Labute approximate surface area is 115 Å². The van der Waals surface area contributed by atoms with Crippen molar-refractivity contribution in [3.8, 4) is 11.1 Å². The Kier molecular flexibility index (Phi) is 3.64. The first-order valence-electron chi connectivity index (χ1n) is 4.90. The molecule has 0 aliphatic carbocycles. The number of hydrogen-bond donors (Lipinski definition) is 0. The van der Waals surface area contributed by atoms with E-state index in [4.69, 9.17) is 23.2 Å². The average Bonchev–Trinajstić information content (AvgIpc) is 2.28. The first-order chi connectivity index (χ1) is 8.39. The Hall–Kier alpha value is -1.07. The molecule has 0 fully saturated rings. The Morgan fingerprint density at radius 2 is 1.61 bits per heavy atom. The third-order valence-corrected chi connectivity index (χ3v) is 3.82. The standard InChI is InChI=1S/C12H8Cl2O3S/c13-8-5-6-9(11(14)7-8)10-3-1-2-4-12(10)18(15,16)17/h1-7H,(H,15,16,17)/p-1. The molecule has 0 unspecified atom stereocenters. The predicted octanol–water partition coefficient (Wildman–Crippen LogP) is 3.56. The van der Waals surface area contributed by atoms with Crippen LogP contribution in [0.4, 0.5) is 0 Å². The summed E-state index contributed by atoms with van der Waals surface area (Å²) in [5.41, 5.74) is 0.727. The molecule has 2 rings (SSSR count). The van der Waals surface area contributed by atoms with E-state index in [-0.39, 0.29) is 10.5 Å². The fourth-order valence-electron chi connectivity index (χ4n) is 1.62. The Morgan fingerprint density at radius 1 is 0.944 bits per heavy atom. The van der Waals surface area contributed by atoms with E-state index in [2.05, 4.69) is 0 Å². The lowest BCUT2D eigenvalue weighted by Crippen LogP contribution is -2.01. The maximum absolute atomic E-state index is 11.2. The Balaban J connectivity index is 2.72. The van der Waals surface area contributed by atoms with Crippen LogP contribution in [0, 0.1) is 0 Å². The minimum absolute atomic E-state index is 0.272. The quantitative estimate of drug-likeness (QED) is 0.797.